The van der Waals surface area contributed by atoms with E-state index in [9.17, 15) is 9.59 Å². The van der Waals surface area contributed by atoms with E-state index in [1.165, 1.54) is 6.92 Å². The molecule has 1 aromatic rings. The first-order valence-electron chi connectivity index (χ1n) is 6.73. The maximum Gasteiger partial charge on any atom is 0.221 e. The predicted octanol–water partition coefficient (Wildman–Crippen LogP) is 0.922. The van der Waals surface area contributed by atoms with Crippen LogP contribution in [0.25, 0.3) is 0 Å². The highest BCUT2D eigenvalue weighted by molar-refractivity contribution is 5.78. The molecule has 0 radical (unpaired) electrons. The molecule has 110 valence electrons. The van der Waals surface area contributed by atoms with E-state index in [4.69, 9.17) is 5.11 Å². The highest BCUT2D eigenvalue weighted by Gasteiger charge is 2.11. The Labute approximate surface area is 119 Å². The van der Waals surface area contributed by atoms with Crippen LogP contribution in [0.4, 0.5) is 0 Å². The van der Waals surface area contributed by atoms with E-state index < -0.39 is 6.10 Å². The van der Waals surface area contributed by atoms with Crippen molar-refractivity contribution >= 4 is 11.8 Å². The molecule has 1 unspecified atom stereocenters. The Morgan fingerprint density at radius 1 is 1.30 bits per heavy atom. The van der Waals surface area contributed by atoms with Crippen molar-refractivity contribution in [2.24, 2.45) is 0 Å². The first-order valence-corrected chi connectivity index (χ1v) is 6.73. The van der Waals surface area contributed by atoms with Crippen LogP contribution in [-0.2, 0) is 16.1 Å². The van der Waals surface area contributed by atoms with Crippen LogP contribution in [0.2, 0.25) is 0 Å². The van der Waals surface area contributed by atoms with E-state index in [1.807, 2.05) is 30.3 Å². The smallest absolute Gasteiger partial charge is 0.221 e. The summed E-state index contributed by atoms with van der Waals surface area (Å²) in [6, 6.07) is 9.66. The summed E-state index contributed by atoms with van der Waals surface area (Å²) in [5, 5.41) is 11.7. The van der Waals surface area contributed by atoms with Crippen molar-refractivity contribution in [3.63, 3.8) is 0 Å². The van der Waals surface area contributed by atoms with Crippen molar-refractivity contribution in [1.29, 1.82) is 0 Å². The maximum atomic E-state index is 11.6. The van der Waals surface area contributed by atoms with E-state index in [0.717, 1.165) is 5.56 Å². The SMILES string of the molecule is CC(=O)N(CCC(=O)NCC(C)O)Cc1ccccc1. The van der Waals surface area contributed by atoms with Gasteiger partial charge in [0.1, 0.15) is 0 Å². The van der Waals surface area contributed by atoms with Gasteiger partial charge in [-0.05, 0) is 12.5 Å². The van der Waals surface area contributed by atoms with Crippen molar-refractivity contribution in [2.45, 2.75) is 32.9 Å². The molecule has 0 bridgehead atoms. The first kappa shape index (κ1) is 16.2. The van der Waals surface area contributed by atoms with Crippen LogP contribution in [-0.4, -0.2) is 41.0 Å². The fourth-order valence-electron chi connectivity index (χ4n) is 1.74. The topological polar surface area (TPSA) is 69.6 Å². The summed E-state index contributed by atoms with van der Waals surface area (Å²) < 4.78 is 0. The summed E-state index contributed by atoms with van der Waals surface area (Å²) in [7, 11) is 0. The molecular formula is C15H22N2O3. The highest BCUT2D eigenvalue weighted by atomic mass is 16.3. The molecule has 0 aliphatic rings. The van der Waals surface area contributed by atoms with Crippen LogP contribution in [0.1, 0.15) is 25.8 Å². The molecule has 0 saturated heterocycles. The zero-order valence-corrected chi connectivity index (χ0v) is 12.0. The number of amides is 2. The quantitative estimate of drug-likeness (QED) is 0.779. The van der Waals surface area contributed by atoms with Crippen LogP contribution in [0.3, 0.4) is 0 Å². The monoisotopic (exact) mass is 278 g/mol. The standard InChI is InChI=1S/C15H22N2O3/c1-12(18)10-16-15(20)8-9-17(13(2)19)11-14-6-4-3-5-7-14/h3-7,12,18H,8-11H2,1-2H3,(H,16,20). The second-order valence-electron chi connectivity index (χ2n) is 4.83. The molecule has 1 aromatic carbocycles. The van der Waals surface area contributed by atoms with Gasteiger partial charge >= 0.3 is 0 Å². The number of aliphatic hydroxyl groups excluding tert-OH is 1. The number of hydrogen-bond donors (Lipinski definition) is 2. The van der Waals surface area contributed by atoms with Crippen molar-refractivity contribution in [2.75, 3.05) is 13.1 Å². The molecule has 0 aliphatic heterocycles. The largest absolute Gasteiger partial charge is 0.392 e. The van der Waals surface area contributed by atoms with Gasteiger partial charge in [0.25, 0.3) is 0 Å². The number of nitrogens with one attached hydrogen (secondary N) is 1. The third kappa shape index (κ3) is 6.33. The Balaban J connectivity index is 2.44. The second kappa shape index (κ2) is 8.32. The Kier molecular flexibility index (Phi) is 6.73. The van der Waals surface area contributed by atoms with Gasteiger partial charge in [0.2, 0.25) is 11.8 Å². The predicted molar refractivity (Wildman–Crippen MR) is 76.8 cm³/mol. The van der Waals surface area contributed by atoms with Gasteiger partial charge in [0, 0.05) is 33.0 Å². The molecular weight excluding hydrogens is 256 g/mol. The molecule has 0 aromatic heterocycles. The van der Waals surface area contributed by atoms with E-state index in [2.05, 4.69) is 5.32 Å². The van der Waals surface area contributed by atoms with E-state index >= 15 is 0 Å². The summed E-state index contributed by atoms with van der Waals surface area (Å²) in [4.78, 5) is 24.8. The lowest BCUT2D eigenvalue weighted by atomic mass is 10.2. The van der Waals surface area contributed by atoms with Gasteiger partial charge < -0.3 is 15.3 Å². The van der Waals surface area contributed by atoms with Gasteiger partial charge in [-0.2, -0.15) is 0 Å². The third-order valence-electron chi connectivity index (χ3n) is 2.87. The first-order chi connectivity index (χ1) is 9.49. The molecule has 0 saturated carbocycles. The van der Waals surface area contributed by atoms with Gasteiger partial charge in [-0.1, -0.05) is 30.3 Å². The lowest BCUT2D eigenvalue weighted by molar-refractivity contribution is -0.130. The lowest BCUT2D eigenvalue weighted by Crippen LogP contribution is -2.35. The molecule has 0 aliphatic carbocycles. The minimum atomic E-state index is -0.563. The summed E-state index contributed by atoms with van der Waals surface area (Å²) in [6.07, 6.45) is -0.328. The highest BCUT2D eigenvalue weighted by Crippen LogP contribution is 2.05. The molecule has 20 heavy (non-hydrogen) atoms. The number of benzene rings is 1. The van der Waals surface area contributed by atoms with Gasteiger partial charge in [-0.15, -0.1) is 0 Å². The van der Waals surface area contributed by atoms with E-state index in [-0.39, 0.29) is 24.8 Å². The van der Waals surface area contributed by atoms with E-state index in [1.54, 1.807) is 11.8 Å². The number of carbonyl (C=O) groups excluding carboxylic acids is 2. The van der Waals surface area contributed by atoms with Crippen LogP contribution < -0.4 is 5.32 Å². The second-order valence-corrected chi connectivity index (χ2v) is 4.83. The van der Waals surface area contributed by atoms with E-state index in [0.29, 0.717) is 13.1 Å². The Morgan fingerprint density at radius 3 is 2.50 bits per heavy atom. The number of hydrogen-bond acceptors (Lipinski definition) is 3. The summed E-state index contributed by atoms with van der Waals surface area (Å²) in [5.74, 6) is -0.220. The minimum Gasteiger partial charge on any atom is -0.392 e. The average Bonchev–Trinajstić information content (AvgIpc) is 2.42. The molecule has 1 rings (SSSR count). The van der Waals surface area contributed by atoms with Gasteiger partial charge in [-0.3, -0.25) is 9.59 Å². The van der Waals surface area contributed by atoms with Crippen molar-refractivity contribution < 1.29 is 14.7 Å². The Bertz CT molecular complexity index is 432. The number of carbonyl (C=O) groups is 2. The summed E-state index contributed by atoms with van der Waals surface area (Å²) in [6.45, 7) is 4.21. The zero-order valence-electron chi connectivity index (χ0n) is 12.0. The third-order valence-corrected chi connectivity index (χ3v) is 2.87. The normalized spacial score (nSPS) is 11.8. The average molecular weight is 278 g/mol. The molecule has 1 atom stereocenters. The van der Waals surface area contributed by atoms with Crippen LogP contribution in [0.15, 0.2) is 30.3 Å². The Hall–Kier alpha value is -1.88. The molecule has 0 spiro atoms. The molecule has 2 amide bonds. The molecule has 2 N–H and O–H groups in total. The lowest BCUT2D eigenvalue weighted by Gasteiger charge is -2.21. The molecule has 0 fully saturated rings. The van der Waals surface area contributed by atoms with Gasteiger partial charge in [0.15, 0.2) is 0 Å². The maximum absolute atomic E-state index is 11.6. The summed E-state index contributed by atoms with van der Waals surface area (Å²) in [5.41, 5.74) is 1.03. The molecule has 5 nitrogen and oxygen atoms in total. The summed E-state index contributed by atoms with van der Waals surface area (Å²) >= 11 is 0. The van der Waals surface area contributed by atoms with Crippen LogP contribution in [0, 0.1) is 0 Å². The molecule has 0 heterocycles. The zero-order chi connectivity index (χ0) is 15.0. The Morgan fingerprint density at radius 2 is 1.95 bits per heavy atom. The van der Waals surface area contributed by atoms with Gasteiger partial charge in [0.05, 0.1) is 6.10 Å². The van der Waals surface area contributed by atoms with Crippen molar-refractivity contribution in [3.05, 3.63) is 35.9 Å². The fourth-order valence-corrected chi connectivity index (χ4v) is 1.74. The van der Waals surface area contributed by atoms with Crippen LogP contribution >= 0.6 is 0 Å². The fraction of sp³-hybridized carbons (Fsp3) is 0.467. The van der Waals surface area contributed by atoms with Crippen molar-refractivity contribution in [1.82, 2.24) is 10.2 Å². The number of rotatable bonds is 7. The molecule has 5 heteroatoms. The minimum absolute atomic E-state index is 0.0582. The number of aliphatic hydroxyl groups is 1. The van der Waals surface area contributed by atoms with Crippen LogP contribution in [0.5, 0.6) is 0 Å². The van der Waals surface area contributed by atoms with Crippen molar-refractivity contribution in [3.8, 4) is 0 Å². The van der Waals surface area contributed by atoms with Gasteiger partial charge in [-0.25, -0.2) is 0 Å². The number of nitrogens with zero attached hydrogens (tertiary/aromatic N) is 1.